The first-order valence-electron chi connectivity index (χ1n) is 15.4. The van der Waals surface area contributed by atoms with Crippen molar-refractivity contribution in [3.63, 3.8) is 0 Å². The third kappa shape index (κ3) is 6.72. The van der Waals surface area contributed by atoms with E-state index in [4.69, 9.17) is 10.5 Å². The Labute approximate surface area is 291 Å². The number of carbonyl (C=O) groups excluding carboxylic acids is 4. The molecule has 1 saturated heterocycles. The fourth-order valence-corrected chi connectivity index (χ4v) is 6.64. The Balaban J connectivity index is 1.12. The molecule has 0 radical (unpaired) electrons. The first-order chi connectivity index (χ1) is 24.2. The van der Waals surface area contributed by atoms with E-state index in [2.05, 4.69) is 11.1 Å². The Kier molecular flexibility index (Phi) is 9.52. The van der Waals surface area contributed by atoms with Gasteiger partial charge in [-0.2, -0.15) is 10.5 Å². The van der Waals surface area contributed by atoms with Gasteiger partial charge in [0.05, 0.1) is 22.1 Å². The number of nitrogens with zero attached hydrogens (tertiary/aromatic N) is 4. The average molecular weight is 678 g/mol. The highest BCUT2D eigenvalue weighted by Gasteiger charge is 2.41. The minimum atomic E-state index is -0.919. The molecule has 5 aromatic rings. The van der Waals surface area contributed by atoms with E-state index in [0.717, 1.165) is 33.4 Å². The molecule has 0 bridgehead atoms. The van der Waals surface area contributed by atoms with Gasteiger partial charge in [0.2, 0.25) is 11.8 Å². The number of hydrogen-bond donors (Lipinski definition) is 1. The Morgan fingerprint density at radius 1 is 0.840 bits per heavy atom. The van der Waals surface area contributed by atoms with Gasteiger partial charge >= 0.3 is 5.97 Å². The third-order valence-electron chi connectivity index (χ3n) is 8.12. The Morgan fingerprint density at radius 3 is 2.08 bits per heavy atom. The summed E-state index contributed by atoms with van der Waals surface area (Å²) in [5.74, 6) is -2.22. The van der Waals surface area contributed by atoms with Crippen molar-refractivity contribution in [2.24, 2.45) is 0 Å². The van der Waals surface area contributed by atoms with Gasteiger partial charge < -0.3 is 10.5 Å². The van der Waals surface area contributed by atoms with Crippen LogP contribution in [0.2, 0.25) is 0 Å². The number of aromatic nitrogens is 1. The molecule has 244 valence electrons. The van der Waals surface area contributed by atoms with Crippen LogP contribution < -0.4 is 10.6 Å². The Bertz CT molecular complexity index is 2220. The number of ether oxygens (including phenoxy) is 1. The lowest BCUT2D eigenvalue weighted by Crippen LogP contribution is -2.31. The highest BCUT2D eigenvalue weighted by atomic mass is 32.2. The molecular weight excluding hydrogens is 651 g/mol. The van der Waals surface area contributed by atoms with Gasteiger partial charge in [0.25, 0.3) is 0 Å². The number of rotatable bonds is 9. The predicted octanol–water partition coefficient (Wildman–Crippen LogP) is 6.51. The molecule has 4 aromatic carbocycles. The van der Waals surface area contributed by atoms with Crippen molar-refractivity contribution in [1.82, 2.24) is 4.98 Å². The number of pyridine rings is 1. The fraction of sp³-hybridized carbons (Fsp3) is 0.103. The molecule has 10 nitrogen and oxygen atoms in total. The van der Waals surface area contributed by atoms with Gasteiger partial charge in [0.1, 0.15) is 28.5 Å². The maximum atomic E-state index is 13.5. The second-order valence-corrected chi connectivity index (χ2v) is 12.6. The number of imide groups is 1. The van der Waals surface area contributed by atoms with E-state index in [1.165, 1.54) is 24.3 Å². The van der Waals surface area contributed by atoms with Crippen molar-refractivity contribution in [3.05, 3.63) is 131 Å². The van der Waals surface area contributed by atoms with Crippen LogP contribution in [0.15, 0.2) is 108 Å². The van der Waals surface area contributed by atoms with Crippen LogP contribution in [-0.2, 0) is 14.3 Å². The summed E-state index contributed by atoms with van der Waals surface area (Å²) in [7, 11) is 0. The third-order valence-corrected chi connectivity index (χ3v) is 9.30. The lowest BCUT2D eigenvalue weighted by atomic mass is 9.96. The Morgan fingerprint density at radius 2 is 1.44 bits per heavy atom. The molecule has 2 amide bonds. The number of ketones is 1. The van der Waals surface area contributed by atoms with Gasteiger partial charge in [-0.25, -0.2) is 14.7 Å². The van der Waals surface area contributed by atoms with Crippen LogP contribution in [0.1, 0.15) is 43.8 Å². The molecule has 1 unspecified atom stereocenters. The second-order valence-electron chi connectivity index (χ2n) is 11.4. The van der Waals surface area contributed by atoms with E-state index in [0.29, 0.717) is 16.7 Å². The summed E-state index contributed by atoms with van der Waals surface area (Å²) >= 11 is 0.932. The summed E-state index contributed by atoms with van der Waals surface area (Å²) in [6.45, 7) is 1.45. The molecule has 50 heavy (non-hydrogen) atoms. The number of Topliss-reactive ketones (excluding diaryl/α,β-unsaturated/α-hetero) is 1. The quantitative estimate of drug-likeness (QED) is 0.103. The van der Waals surface area contributed by atoms with E-state index in [9.17, 15) is 29.7 Å². The number of hydrogen-bond acceptors (Lipinski definition) is 10. The van der Waals surface area contributed by atoms with E-state index in [1.807, 2.05) is 67.6 Å². The standard InChI is InChI=1S/C39H27N5O5S/c1-23-7-9-27(10-8-23)35-30(20-40)36(42)43-37(31(35)21-41)50-33-19-34(46)44(38(33)47)29-17-15-28(16-18-29)39(48)49-22-32(45)26-13-11-25(12-14-26)24-5-3-2-4-6-24/h2-18,33H,19,22H2,1H3,(H2,42,43). The zero-order valence-corrected chi connectivity index (χ0v) is 27.4. The molecule has 11 heteroatoms. The van der Waals surface area contributed by atoms with E-state index in [1.54, 1.807) is 24.3 Å². The van der Waals surface area contributed by atoms with Crippen molar-refractivity contribution in [3.8, 4) is 34.4 Å². The topological polar surface area (TPSA) is 167 Å². The molecule has 0 aliphatic carbocycles. The molecule has 1 fully saturated rings. The number of thioether (sulfide) groups is 1. The van der Waals surface area contributed by atoms with Crippen LogP contribution in [-0.4, -0.2) is 40.4 Å². The molecule has 2 heterocycles. The van der Waals surface area contributed by atoms with Crippen molar-refractivity contribution in [2.75, 3.05) is 17.2 Å². The molecule has 0 spiro atoms. The molecule has 0 saturated carbocycles. The minimum absolute atomic E-state index is 0.0469. The number of esters is 1. The zero-order chi connectivity index (χ0) is 35.4. The number of anilines is 2. The van der Waals surface area contributed by atoms with Gasteiger partial charge in [-0.1, -0.05) is 96.2 Å². The van der Waals surface area contributed by atoms with Crippen LogP contribution in [0.5, 0.6) is 0 Å². The minimum Gasteiger partial charge on any atom is -0.454 e. The summed E-state index contributed by atoms with van der Waals surface area (Å²) in [5, 5.41) is 19.1. The highest BCUT2D eigenvalue weighted by molar-refractivity contribution is 8.00. The second kappa shape index (κ2) is 14.3. The molecule has 1 aliphatic heterocycles. The van der Waals surface area contributed by atoms with Gasteiger partial charge in [0.15, 0.2) is 12.4 Å². The zero-order valence-electron chi connectivity index (χ0n) is 26.6. The van der Waals surface area contributed by atoms with Crippen LogP contribution in [0, 0.1) is 29.6 Å². The van der Waals surface area contributed by atoms with Crippen molar-refractivity contribution in [1.29, 1.82) is 10.5 Å². The normalized spacial score (nSPS) is 13.8. The summed E-state index contributed by atoms with van der Waals surface area (Å²) in [5.41, 5.74) is 10.9. The molecule has 1 aromatic heterocycles. The van der Waals surface area contributed by atoms with Gasteiger partial charge in [-0.05, 0) is 47.9 Å². The molecule has 6 rings (SSSR count). The van der Waals surface area contributed by atoms with E-state index >= 15 is 0 Å². The first kappa shape index (κ1) is 33.3. The van der Waals surface area contributed by atoms with E-state index < -0.39 is 29.6 Å². The summed E-state index contributed by atoms with van der Waals surface area (Å²) in [6, 6.07) is 33.8. The highest BCUT2D eigenvalue weighted by Crippen LogP contribution is 2.40. The van der Waals surface area contributed by atoms with Crippen molar-refractivity contribution < 1.29 is 23.9 Å². The molecule has 1 atom stereocenters. The number of nitrogen functional groups attached to an aromatic ring is 1. The number of carbonyl (C=O) groups is 4. The smallest absolute Gasteiger partial charge is 0.338 e. The SMILES string of the molecule is Cc1ccc(-c2c(C#N)c(N)nc(SC3CC(=O)N(c4ccc(C(=O)OCC(=O)c5ccc(-c6ccccc6)cc5)cc4)C3=O)c2C#N)cc1. The Hall–Kier alpha value is -6.56. The molecule has 1 aliphatic rings. The van der Waals surface area contributed by atoms with Gasteiger partial charge in [-0.15, -0.1) is 0 Å². The lowest BCUT2D eigenvalue weighted by Gasteiger charge is -2.16. The summed E-state index contributed by atoms with van der Waals surface area (Å²) < 4.78 is 5.24. The van der Waals surface area contributed by atoms with Crippen LogP contribution >= 0.6 is 11.8 Å². The number of nitriles is 2. The largest absolute Gasteiger partial charge is 0.454 e. The monoisotopic (exact) mass is 677 g/mol. The van der Waals surface area contributed by atoms with Crippen LogP contribution in [0.4, 0.5) is 11.5 Å². The number of benzene rings is 4. The van der Waals surface area contributed by atoms with Crippen molar-refractivity contribution >= 4 is 46.8 Å². The number of nitrogens with two attached hydrogens (primary N) is 1. The maximum absolute atomic E-state index is 13.5. The van der Waals surface area contributed by atoms with Gasteiger partial charge in [0, 0.05) is 17.5 Å². The fourth-order valence-electron chi connectivity index (χ4n) is 5.52. The van der Waals surface area contributed by atoms with Crippen LogP contribution in [0.25, 0.3) is 22.3 Å². The molecule has 2 N–H and O–H groups in total. The van der Waals surface area contributed by atoms with Gasteiger partial charge in [-0.3, -0.25) is 14.4 Å². The average Bonchev–Trinajstić information content (AvgIpc) is 3.42. The predicted molar refractivity (Wildman–Crippen MR) is 188 cm³/mol. The maximum Gasteiger partial charge on any atom is 0.338 e. The van der Waals surface area contributed by atoms with E-state index in [-0.39, 0.29) is 45.4 Å². The summed E-state index contributed by atoms with van der Waals surface area (Å²) in [6.07, 6.45) is -0.173. The number of amides is 2. The first-order valence-corrected chi connectivity index (χ1v) is 16.3. The van der Waals surface area contributed by atoms with Crippen LogP contribution in [0.3, 0.4) is 0 Å². The molecular formula is C39H27N5O5S. The summed E-state index contributed by atoms with van der Waals surface area (Å²) in [4.78, 5) is 57.3. The number of aryl methyl sites for hydroxylation is 1. The lowest BCUT2D eigenvalue weighted by molar-refractivity contribution is -0.121. The van der Waals surface area contributed by atoms with Crippen molar-refractivity contribution in [2.45, 2.75) is 23.6 Å².